The minimum absolute atomic E-state index is 0.164. The zero-order valence-corrected chi connectivity index (χ0v) is 12.8. The first-order chi connectivity index (χ1) is 9.54. The molecule has 1 N–H and O–H groups in total. The van der Waals surface area contributed by atoms with Crippen molar-refractivity contribution in [2.24, 2.45) is 0 Å². The van der Waals surface area contributed by atoms with E-state index in [9.17, 15) is 8.78 Å². The van der Waals surface area contributed by atoms with Crippen molar-refractivity contribution in [1.82, 2.24) is 4.98 Å². The molecule has 0 saturated carbocycles. The van der Waals surface area contributed by atoms with Crippen LogP contribution in [0, 0.1) is 18.6 Å². The molecule has 3 aromatic rings. The Labute approximate surface area is 126 Å². The Bertz CT molecular complexity index is 801. The molecule has 0 aliphatic carbocycles. The lowest BCUT2D eigenvalue weighted by Crippen LogP contribution is -1.98. The fourth-order valence-electron chi connectivity index (χ4n) is 1.83. The van der Waals surface area contributed by atoms with Crippen molar-refractivity contribution >= 4 is 48.3 Å². The summed E-state index contributed by atoms with van der Waals surface area (Å²) in [6.45, 7) is 1.59. The molecule has 3 rings (SSSR count). The van der Waals surface area contributed by atoms with Gasteiger partial charge in [0, 0.05) is 4.47 Å². The average molecular weight is 355 g/mol. The van der Waals surface area contributed by atoms with Crippen LogP contribution in [-0.4, -0.2) is 4.98 Å². The number of benzene rings is 2. The summed E-state index contributed by atoms with van der Waals surface area (Å²) in [4.78, 5) is 4.31. The van der Waals surface area contributed by atoms with E-state index in [4.69, 9.17) is 0 Å². The minimum Gasteiger partial charge on any atom is -0.327 e. The van der Waals surface area contributed by atoms with Crippen LogP contribution in [0.15, 0.2) is 34.8 Å². The Morgan fingerprint density at radius 3 is 2.80 bits per heavy atom. The van der Waals surface area contributed by atoms with Gasteiger partial charge in [-0.25, -0.2) is 13.8 Å². The molecule has 1 heterocycles. The van der Waals surface area contributed by atoms with Gasteiger partial charge in [-0.1, -0.05) is 33.3 Å². The molecule has 0 bridgehead atoms. The molecule has 0 aliphatic rings. The Morgan fingerprint density at radius 1 is 1.20 bits per heavy atom. The van der Waals surface area contributed by atoms with E-state index in [1.165, 1.54) is 23.5 Å². The normalized spacial score (nSPS) is 11.0. The van der Waals surface area contributed by atoms with Crippen LogP contribution in [0.4, 0.5) is 19.6 Å². The molecule has 0 atom stereocenters. The summed E-state index contributed by atoms with van der Waals surface area (Å²) in [6.07, 6.45) is 0. The monoisotopic (exact) mass is 354 g/mol. The zero-order chi connectivity index (χ0) is 14.3. The molecule has 2 aromatic carbocycles. The predicted molar refractivity (Wildman–Crippen MR) is 81.7 cm³/mol. The fraction of sp³-hybridized carbons (Fsp3) is 0.0714. The van der Waals surface area contributed by atoms with Gasteiger partial charge < -0.3 is 5.32 Å². The van der Waals surface area contributed by atoms with Crippen LogP contribution in [-0.2, 0) is 0 Å². The molecule has 0 fully saturated rings. The number of hydrogen-bond acceptors (Lipinski definition) is 3. The highest BCUT2D eigenvalue weighted by Crippen LogP contribution is 2.32. The maximum atomic E-state index is 13.9. The Hall–Kier alpha value is -1.53. The van der Waals surface area contributed by atoms with E-state index < -0.39 is 11.6 Å². The van der Waals surface area contributed by atoms with Crippen LogP contribution >= 0.6 is 27.3 Å². The summed E-state index contributed by atoms with van der Waals surface area (Å²) in [7, 11) is 0. The maximum absolute atomic E-state index is 13.9. The maximum Gasteiger partial charge on any atom is 0.188 e. The average Bonchev–Trinajstić information content (AvgIpc) is 2.81. The van der Waals surface area contributed by atoms with Gasteiger partial charge in [-0.15, -0.1) is 0 Å². The first kappa shape index (κ1) is 13.5. The highest BCUT2D eigenvalue weighted by molar-refractivity contribution is 9.10. The Morgan fingerprint density at radius 2 is 2.00 bits per heavy atom. The highest BCUT2D eigenvalue weighted by atomic mass is 79.9. The van der Waals surface area contributed by atoms with Gasteiger partial charge in [-0.3, -0.25) is 0 Å². The lowest BCUT2D eigenvalue weighted by Gasteiger charge is -2.07. The van der Waals surface area contributed by atoms with Crippen LogP contribution in [0.1, 0.15) is 5.56 Å². The largest absolute Gasteiger partial charge is 0.327 e. The summed E-state index contributed by atoms with van der Waals surface area (Å²) >= 11 is 4.72. The molecule has 0 spiro atoms. The van der Waals surface area contributed by atoms with E-state index in [1.54, 1.807) is 6.92 Å². The number of thiazole rings is 1. The topological polar surface area (TPSA) is 24.9 Å². The van der Waals surface area contributed by atoms with Gasteiger partial charge in [0.15, 0.2) is 10.9 Å². The SMILES string of the molecule is Cc1ccc(F)c(Nc2nc3ccc(Br)cc3s2)c1F. The molecular weight excluding hydrogens is 346 g/mol. The van der Waals surface area contributed by atoms with Crippen molar-refractivity contribution in [3.8, 4) is 0 Å². The summed E-state index contributed by atoms with van der Waals surface area (Å²) in [6, 6.07) is 8.29. The number of anilines is 2. The Kier molecular flexibility index (Phi) is 3.43. The summed E-state index contributed by atoms with van der Waals surface area (Å²) in [5.41, 5.74) is 1.01. The van der Waals surface area contributed by atoms with E-state index in [2.05, 4.69) is 26.2 Å². The summed E-state index contributed by atoms with van der Waals surface area (Å²) in [5, 5.41) is 3.19. The minimum atomic E-state index is -0.631. The van der Waals surface area contributed by atoms with Crippen LogP contribution in [0.25, 0.3) is 10.2 Å². The van der Waals surface area contributed by atoms with Crippen molar-refractivity contribution in [2.45, 2.75) is 6.92 Å². The van der Waals surface area contributed by atoms with E-state index in [0.717, 1.165) is 14.7 Å². The van der Waals surface area contributed by atoms with E-state index >= 15 is 0 Å². The molecule has 102 valence electrons. The van der Waals surface area contributed by atoms with Crippen LogP contribution < -0.4 is 5.32 Å². The summed E-state index contributed by atoms with van der Waals surface area (Å²) in [5.74, 6) is -1.22. The van der Waals surface area contributed by atoms with Gasteiger partial charge in [0.1, 0.15) is 11.5 Å². The predicted octanol–water partition coefficient (Wildman–Crippen LogP) is 5.39. The number of nitrogens with one attached hydrogen (secondary N) is 1. The third-order valence-corrected chi connectivity index (χ3v) is 4.29. The zero-order valence-electron chi connectivity index (χ0n) is 10.4. The van der Waals surface area contributed by atoms with Crippen LogP contribution in [0.2, 0.25) is 0 Å². The second kappa shape index (κ2) is 5.10. The number of rotatable bonds is 2. The third-order valence-electron chi connectivity index (χ3n) is 2.87. The Balaban J connectivity index is 2.03. The number of aromatic nitrogens is 1. The molecule has 6 heteroatoms. The standard InChI is InChI=1S/C14H9BrF2N2S/c1-7-2-4-9(16)13(12(7)17)19-14-18-10-5-3-8(15)6-11(10)20-14/h2-6H,1H3,(H,18,19). The molecule has 20 heavy (non-hydrogen) atoms. The highest BCUT2D eigenvalue weighted by Gasteiger charge is 2.13. The van der Waals surface area contributed by atoms with Gasteiger partial charge in [0.25, 0.3) is 0 Å². The van der Waals surface area contributed by atoms with Crippen molar-refractivity contribution in [3.05, 3.63) is 52.0 Å². The van der Waals surface area contributed by atoms with Gasteiger partial charge >= 0.3 is 0 Å². The molecule has 0 aliphatic heterocycles. The van der Waals surface area contributed by atoms with Crippen molar-refractivity contribution in [2.75, 3.05) is 5.32 Å². The number of halogens is 3. The fourth-order valence-corrected chi connectivity index (χ4v) is 3.25. The first-order valence-corrected chi connectivity index (χ1v) is 7.43. The molecular formula is C14H9BrF2N2S. The van der Waals surface area contributed by atoms with Gasteiger partial charge in [-0.05, 0) is 36.8 Å². The van der Waals surface area contributed by atoms with Crippen LogP contribution in [0.3, 0.4) is 0 Å². The molecule has 2 nitrogen and oxygen atoms in total. The number of nitrogens with zero attached hydrogens (tertiary/aromatic N) is 1. The van der Waals surface area contributed by atoms with Crippen molar-refractivity contribution in [1.29, 1.82) is 0 Å². The number of hydrogen-bond donors (Lipinski definition) is 1. The second-order valence-corrected chi connectivity index (χ2v) is 6.26. The smallest absolute Gasteiger partial charge is 0.188 e. The van der Waals surface area contributed by atoms with Crippen molar-refractivity contribution in [3.63, 3.8) is 0 Å². The lowest BCUT2D eigenvalue weighted by atomic mass is 10.2. The second-order valence-electron chi connectivity index (χ2n) is 4.31. The molecule has 0 saturated heterocycles. The van der Waals surface area contributed by atoms with Crippen LogP contribution in [0.5, 0.6) is 0 Å². The number of aryl methyl sites for hydroxylation is 1. The summed E-state index contributed by atoms with van der Waals surface area (Å²) < 4.78 is 29.5. The first-order valence-electron chi connectivity index (χ1n) is 5.82. The van der Waals surface area contributed by atoms with E-state index in [1.807, 2.05) is 18.2 Å². The van der Waals surface area contributed by atoms with Gasteiger partial charge in [0.2, 0.25) is 0 Å². The quantitative estimate of drug-likeness (QED) is 0.667. The van der Waals surface area contributed by atoms with E-state index in [0.29, 0.717) is 10.7 Å². The molecule has 1 aromatic heterocycles. The van der Waals surface area contributed by atoms with E-state index in [-0.39, 0.29) is 5.69 Å². The van der Waals surface area contributed by atoms with Crippen molar-refractivity contribution < 1.29 is 8.78 Å². The molecule has 0 amide bonds. The van der Waals surface area contributed by atoms with Gasteiger partial charge in [-0.2, -0.15) is 0 Å². The third kappa shape index (κ3) is 2.41. The molecule has 0 radical (unpaired) electrons. The number of fused-ring (bicyclic) bond motifs is 1. The molecule has 0 unspecified atom stereocenters. The van der Waals surface area contributed by atoms with Gasteiger partial charge in [0.05, 0.1) is 10.2 Å². The lowest BCUT2D eigenvalue weighted by molar-refractivity contribution is 0.585.